The van der Waals surface area contributed by atoms with Crippen molar-refractivity contribution in [2.45, 2.75) is 0 Å². The molecule has 0 radical (unpaired) electrons. The van der Waals surface area contributed by atoms with E-state index < -0.39 is 0 Å². The summed E-state index contributed by atoms with van der Waals surface area (Å²) in [4.78, 5) is 7.80. The molecule has 0 aliphatic rings. The Morgan fingerprint density at radius 1 is 0.905 bits per heavy atom. The van der Waals surface area contributed by atoms with E-state index in [9.17, 15) is 4.39 Å². The zero-order valence-electron chi connectivity index (χ0n) is 10.9. The molecule has 102 valence electrons. The van der Waals surface area contributed by atoms with Gasteiger partial charge in [-0.1, -0.05) is 41.9 Å². The van der Waals surface area contributed by atoms with Gasteiger partial charge in [0.2, 0.25) is 0 Å². The number of hydrogen-bond donors (Lipinski definition) is 1. The van der Waals surface area contributed by atoms with Gasteiger partial charge in [-0.2, -0.15) is 0 Å². The molecular weight excluding hydrogens is 287 g/mol. The highest BCUT2D eigenvalue weighted by atomic mass is 35.5. The van der Waals surface area contributed by atoms with Crippen LogP contribution in [-0.2, 0) is 0 Å². The van der Waals surface area contributed by atoms with Gasteiger partial charge in [-0.05, 0) is 29.7 Å². The largest absolute Gasteiger partial charge is 0.338 e. The number of para-hydroxylation sites is 1. The fourth-order valence-corrected chi connectivity index (χ4v) is 2.81. The smallest absolute Gasteiger partial charge is 0.139 e. The average molecular weight is 297 g/mol. The van der Waals surface area contributed by atoms with Crippen LogP contribution in [0.25, 0.3) is 33.2 Å². The highest BCUT2D eigenvalue weighted by molar-refractivity contribution is 6.35. The van der Waals surface area contributed by atoms with Crippen LogP contribution < -0.4 is 0 Å². The number of imidazole rings is 1. The number of nitrogens with one attached hydrogen (secondary N) is 1. The predicted octanol–water partition coefficient (Wildman–Crippen LogP) is 5.18. The fourth-order valence-electron chi connectivity index (χ4n) is 2.59. The molecule has 4 aromatic rings. The average Bonchev–Trinajstić information content (AvgIpc) is 2.93. The first-order valence-electron chi connectivity index (χ1n) is 6.56. The van der Waals surface area contributed by atoms with E-state index in [1.807, 2.05) is 30.3 Å². The molecule has 0 saturated carbocycles. The van der Waals surface area contributed by atoms with Gasteiger partial charge >= 0.3 is 0 Å². The Labute approximate surface area is 125 Å². The van der Waals surface area contributed by atoms with Crippen LogP contribution in [0.3, 0.4) is 0 Å². The molecule has 0 aliphatic heterocycles. The normalized spacial score (nSPS) is 11.3. The Morgan fingerprint density at radius 3 is 2.52 bits per heavy atom. The van der Waals surface area contributed by atoms with Crippen LogP contribution >= 0.6 is 11.6 Å². The first kappa shape index (κ1) is 12.4. The van der Waals surface area contributed by atoms with E-state index in [1.54, 1.807) is 18.2 Å². The molecule has 0 amide bonds. The number of hydrogen-bond acceptors (Lipinski definition) is 1. The summed E-state index contributed by atoms with van der Waals surface area (Å²) in [7, 11) is 0. The summed E-state index contributed by atoms with van der Waals surface area (Å²) in [5, 5.41) is 2.01. The third-order valence-electron chi connectivity index (χ3n) is 3.59. The third-order valence-corrected chi connectivity index (χ3v) is 3.89. The highest BCUT2D eigenvalue weighted by Gasteiger charge is 2.12. The minimum atomic E-state index is -0.233. The summed E-state index contributed by atoms with van der Waals surface area (Å²) in [5.74, 6) is 0.456. The van der Waals surface area contributed by atoms with Crippen molar-refractivity contribution in [1.82, 2.24) is 9.97 Å². The predicted molar refractivity (Wildman–Crippen MR) is 84.0 cm³/mol. The molecule has 4 heteroatoms. The lowest BCUT2D eigenvalue weighted by atomic mass is 10.0. The molecule has 1 heterocycles. The number of aromatic amines is 1. The topological polar surface area (TPSA) is 28.7 Å². The SMILES string of the molecule is Fc1ccc(-c2nc3c(Cl)cccc3[nH]2)c2ccccc12. The molecule has 2 nitrogen and oxygen atoms in total. The fraction of sp³-hybridized carbons (Fsp3) is 0. The molecule has 0 saturated heterocycles. The lowest BCUT2D eigenvalue weighted by Gasteiger charge is -2.04. The summed E-state index contributed by atoms with van der Waals surface area (Å²) in [6.45, 7) is 0. The standard InChI is InChI=1S/C17H10ClFN2/c18-13-6-3-7-15-16(13)21-17(20-15)12-8-9-14(19)11-5-2-1-4-10(11)12/h1-9H,(H,20,21). The highest BCUT2D eigenvalue weighted by Crippen LogP contribution is 2.31. The number of nitrogens with zero attached hydrogens (tertiary/aromatic N) is 1. The van der Waals surface area contributed by atoms with Gasteiger partial charge < -0.3 is 4.98 Å². The molecular formula is C17H10ClFN2. The minimum Gasteiger partial charge on any atom is -0.338 e. The molecule has 0 spiro atoms. The van der Waals surface area contributed by atoms with Gasteiger partial charge in [-0.25, -0.2) is 9.37 Å². The molecule has 0 unspecified atom stereocenters. The second kappa shape index (κ2) is 4.57. The lowest BCUT2D eigenvalue weighted by molar-refractivity contribution is 0.640. The third kappa shape index (κ3) is 1.89. The Kier molecular flexibility index (Phi) is 2.69. The number of H-pyrrole nitrogens is 1. The zero-order valence-corrected chi connectivity index (χ0v) is 11.7. The van der Waals surface area contributed by atoms with Gasteiger partial charge in [-0.15, -0.1) is 0 Å². The van der Waals surface area contributed by atoms with Crippen LogP contribution in [0.15, 0.2) is 54.6 Å². The van der Waals surface area contributed by atoms with E-state index in [0.717, 1.165) is 22.0 Å². The molecule has 0 aliphatic carbocycles. The second-order valence-corrected chi connectivity index (χ2v) is 5.27. The van der Waals surface area contributed by atoms with E-state index in [1.165, 1.54) is 6.07 Å². The van der Waals surface area contributed by atoms with Crippen LogP contribution in [0.5, 0.6) is 0 Å². The van der Waals surface area contributed by atoms with E-state index in [2.05, 4.69) is 9.97 Å². The number of rotatable bonds is 1. The summed E-state index contributed by atoms with van der Waals surface area (Å²) in [6, 6.07) is 16.2. The summed E-state index contributed by atoms with van der Waals surface area (Å²) in [5.41, 5.74) is 2.45. The Bertz CT molecular complexity index is 975. The van der Waals surface area contributed by atoms with Crippen molar-refractivity contribution in [2.24, 2.45) is 0 Å². The van der Waals surface area contributed by atoms with Crippen molar-refractivity contribution < 1.29 is 4.39 Å². The lowest BCUT2D eigenvalue weighted by Crippen LogP contribution is -1.86. The molecule has 0 bridgehead atoms. The van der Waals surface area contributed by atoms with Gasteiger partial charge in [-0.3, -0.25) is 0 Å². The van der Waals surface area contributed by atoms with Gasteiger partial charge in [0.1, 0.15) is 17.2 Å². The van der Waals surface area contributed by atoms with Crippen molar-refractivity contribution in [3.05, 3.63) is 65.4 Å². The number of aromatic nitrogens is 2. The molecule has 4 rings (SSSR count). The summed E-state index contributed by atoms with van der Waals surface area (Å²) >= 11 is 6.16. The Morgan fingerprint density at radius 2 is 1.71 bits per heavy atom. The Balaban J connectivity index is 2.05. The summed E-state index contributed by atoms with van der Waals surface area (Å²) in [6.07, 6.45) is 0. The maximum Gasteiger partial charge on any atom is 0.139 e. The van der Waals surface area contributed by atoms with Gasteiger partial charge in [0, 0.05) is 10.9 Å². The van der Waals surface area contributed by atoms with Crippen molar-refractivity contribution in [2.75, 3.05) is 0 Å². The number of halogens is 2. The van der Waals surface area contributed by atoms with Crippen molar-refractivity contribution in [3.63, 3.8) is 0 Å². The first-order chi connectivity index (χ1) is 10.2. The zero-order chi connectivity index (χ0) is 14.4. The van der Waals surface area contributed by atoms with Crippen LogP contribution in [0.4, 0.5) is 4.39 Å². The van der Waals surface area contributed by atoms with Gasteiger partial charge in [0.05, 0.1) is 10.5 Å². The van der Waals surface area contributed by atoms with Gasteiger partial charge in [0.15, 0.2) is 0 Å². The quantitative estimate of drug-likeness (QED) is 0.515. The molecule has 1 aromatic heterocycles. The maximum absolute atomic E-state index is 13.9. The van der Waals surface area contributed by atoms with E-state index in [4.69, 9.17) is 11.6 Å². The second-order valence-electron chi connectivity index (χ2n) is 4.86. The number of fused-ring (bicyclic) bond motifs is 2. The Hall–Kier alpha value is -2.39. The molecule has 1 N–H and O–H groups in total. The van der Waals surface area contributed by atoms with Crippen LogP contribution in [0, 0.1) is 5.82 Å². The van der Waals surface area contributed by atoms with Crippen LogP contribution in [0.2, 0.25) is 5.02 Å². The van der Waals surface area contributed by atoms with E-state index >= 15 is 0 Å². The minimum absolute atomic E-state index is 0.233. The first-order valence-corrected chi connectivity index (χ1v) is 6.94. The van der Waals surface area contributed by atoms with Crippen LogP contribution in [-0.4, -0.2) is 9.97 Å². The molecule has 0 fully saturated rings. The molecule has 0 atom stereocenters. The van der Waals surface area contributed by atoms with E-state index in [-0.39, 0.29) is 5.82 Å². The van der Waals surface area contributed by atoms with Crippen LogP contribution in [0.1, 0.15) is 0 Å². The van der Waals surface area contributed by atoms with E-state index in [0.29, 0.717) is 16.2 Å². The molecule has 3 aromatic carbocycles. The van der Waals surface area contributed by atoms with Crippen molar-refractivity contribution >= 4 is 33.4 Å². The maximum atomic E-state index is 13.9. The van der Waals surface area contributed by atoms with Crippen molar-refractivity contribution in [1.29, 1.82) is 0 Å². The molecule has 21 heavy (non-hydrogen) atoms. The number of benzene rings is 3. The monoisotopic (exact) mass is 296 g/mol. The van der Waals surface area contributed by atoms with Gasteiger partial charge in [0.25, 0.3) is 0 Å². The van der Waals surface area contributed by atoms with Crippen molar-refractivity contribution in [3.8, 4) is 11.4 Å². The summed E-state index contributed by atoms with van der Waals surface area (Å²) < 4.78 is 13.9.